The number of carbonyl (C=O) groups excluding carboxylic acids is 1. The van der Waals surface area contributed by atoms with Gasteiger partial charge in [0.25, 0.3) is 11.5 Å². The van der Waals surface area contributed by atoms with E-state index in [-0.39, 0.29) is 29.3 Å². The average molecular weight is 407 g/mol. The van der Waals surface area contributed by atoms with Crippen molar-refractivity contribution in [3.05, 3.63) is 52.3 Å². The summed E-state index contributed by atoms with van der Waals surface area (Å²) in [5.41, 5.74) is 8.52. The standard InChI is InChI=1S/C21H21N5O4/c1-11-6-4-5-7-14(11)26-20(22)18-19(25-26)17-13(24-21(18)28)8-12(29-3)9-15(17)30-10-16(27)23-2/h4-9H,10,22H2,1-3H3,(H,23,27)(H,24,28). The number of nitrogen functional groups attached to an aromatic ring is 1. The third kappa shape index (κ3) is 3.10. The van der Waals surface area contributed by atoms with Crippen molar-refractivity contribution in [3.8, 4) is 17.2 Å². The first-order valence-electron chi connectivity index (χ1n) is 9.26. The van der Waals surface area contributed by atoms with E-state index in [1.54, 1.807) is 16.8 Å². The van der Waals surface area contributed by atoms with Crippen molar-refractivity contribution in [2.24, 2.45) is 0 Å². The molecule has 2 heterocycles. The van der Waals surface area contributed by atoms with Crippen molar-refractivity contribution < 1.29 is 14.3 Å². The van der Waals surface area contributed by atoms with E-state index in [4.69, 9.17) is 15.2 Å². The van der Waals surface area contributed by atoms with Crippen molar-refractivity contribution in [3.63, 3.8) is 0 Å². The fraction of sp³-hybridized carbons (Fsp3) is 0.190. The molecule has 154 valence electrons. The molecule has 30 heavy (non-hydrogen) atoms. The van der Waals surface area contributed by atoms with Crippen LogP contribution in [0.15, 0.2) is 41.2 Å². The Balaban J connectivity index is 2.04. The number of para-hydroxylation sites is 1. The number of nitrogens with two attached hydrogens (primary N) is 1. The van der Waals surface area contributed by atoms with Crippen molar-refractivity contribution in [1.29, 1.82) is 0 Å². The molecule has 0 aliphatic rings. The number of anilines is 1. The van der Waals surface area contributed by atoms with E-state index in [2.05, 4.69) is 15.4 Å². The summed E-state index contributed by atoms with van der Waals surface area (Å²) in [4.78, 5) is 27.4. The van der Waals surface area contributed by atoms with Gasteiger partial charge in [-0.05, 0) is 18.6 Å². The molecule has 4 rings (SSSR count). The zero-order valence-electron chi connectivity index (χ0n) is 16.8. The molecule has 0 aliphatic heterocycles. The molecule has 2 aromatic heterocycles. The van der Waals surface area contributed by atoms with Crippen LogP contribution in [0.2, 0.25) is 0 Å². The Morgan fingerprint density at radius 3 is 2.73 bits per heavy atom. The van der Waals surface area contributed by atoms with Gasteiger partial charge < -0.3 is 25.5 Å². The molecule has 4 aromatic rings. The molecule has 0 aliphatic carbocycles. The molecule has 0 radical (unpaired) electrons. The van der Waals surface area contributed by atoms with Crippen LogP contribution in [0.5, 0.6) is 11.5 Å². The van der Waals surface area contributed by atoms with Gasteiger partial charge in [-0.15, -0.1) is 0 Å². The van der Waals surface area contributed by atoms with Crippen molar-refractivity contribution >= 4 is 33.5 Å². The number of hydrogen-bond acceptors (Lipinski definition) is 6. The number of nitrogens with one attached hydrogen (secondary N) is 2. The average Bonchev–Trinajstić information content (AvgIpc) is 3.09. The van der Waals surface area contributed by atoms with Gasteiger partial charge in [-0.25, -0.2) is 4.68 Å². The largest absolute Gasteiger partial charge is 0.497 e. The smallest absolute Gasteiger partial charge is 0.261 e. The number of hydrogen-bond donors (Lipinski definition) is 3. The number of pyridine rings is 1. The molecular formula is C21H21N5O4. The van der Waals surface area contributed by atoms with Gasteiger partial charge in [-0.3, -0.25) is 9.59 Å². The van der Waals surface area contributed by atoms with Crippen molar-refractivity contribution in [2.75, 3.05) is 26.5 Å². The van der Waals surface area contributed by atoms with Crippen molar-refractivity contribution in [2.45, 2.75) is 6.92 Å². The summed E-state index contributed by atoms with van der Waals surface area (Å²) in [5, 5.41) is 7.94. The third-order valence-electron chi connectivity index (χ3n) is 4.93. The highest BCUT2D eigenvalue weighted by Gasteiger charge is 2.21. The number of rotatable bonds is 5. The second-order valence-electron chi connectivity index (χ2n) is 6.77. The van der Waals surface area contributed by atoms with Gasteiger partial charge in [0.1, 0.15) is 28.2 Å². The van der Waals surface area contributed by atoms with Crippen LogP contribution in [-0.4, -0.2) is 41.4 Å². The number of amides is 1. The number of likely N-dealkylation sites (N-methyl/N-ethyl adjacent to an activating group) is 1. The molecule has 0 atom stereocenters. The van der Waals surface area contributed by atoms with Crippen LogP contribution in [0.3, 0.4) is 0 Å². The molecule has 0 bridgehead atoms. The Labute approximate surface area is 171 Å². The van der Waals surface area contributed by atoms with Crippen LogP contribution in [0.25, 0.3) is 27.5 Å². The summed E-state index contributed by atoms with van der Waals surface area (Å²) in [6.07, 6.45) is 0. The van der Waals surface area contributed by atoms with Gasteiger partial charge in [0, 0.05) is 19.2 Å². The number of aryl methyl sites for hydroxylation is 1. The summed E-state index contributed by atoms with van der Waals surface area (Å²) >= 11 is 0. The molecule has 0 spiro atoms. The molecule has 2 aromatic carbocycles. The second-order valence-corrected chi connectivity index (χ2v) is 6.77. The number of nitrogens with zero attached hydrogens (tertiary/aromatic N) is 2. The van der Waals surface area contributed by atoms with Crippen molar-refractivity contribution in [1.82, 2.24) is 20.1 Å². The lowest BCUT2D eigenvalue weighted by molar-refractivity contribution is -0.122. The summed E-state index contributed by atoms with van der Waals surface area (Å²) in [7, 11) is 3.03. The van der Waals surface area contributed by atoms with Crippen LogP contribution in [0, 0.1) is 6.92 Å². The SMILES string of the molecule is CNC(=O)COc1cc(OC)cc2[nH]c(=O)c3c(N)n(-c4ccccc4C)nc3c12. The van der Waals surface area contributed by atoms with E-state index in [1.807, 2.05) is 31.2 Å². The first kappa shape index (κ1) is 19.3. The predicted molar refractivity (Wildman–Crippen MR) is 114 cm³/mol. The lowest BCUT2D eigenvalue weighted by Gasteiger charge is -2.11. The van der Waals surface area contributed by atoms with Gasteiger partial charge in [-0.1, -0.05) is 18.2 Å². The molecule has 0 unspecified atom stereocenters. The Bertz CT molecular complexity index is 1340. The number of H-pyrrole nitrogens is 1. The van der Waals surface area contributed by atoms with E-state index in [9.17, 15) is 9.59 Å². The first-order chi connectivity index (χ1) is 14.4. The molecule has 1 amide bonds. The number of carbonyl (C=O) groups is 1. The maximum absolute atomic E-state index is 12.8. The minimum atomic E-state index is -0.375. The number of aromatic amines is 1. The topological polar surface area (TPSA) is 124 Å². The number of fused-ring (bicyclic) bond motifs is 3. The summed E-state index contributed by atoms with van der Waals surface area (Å²) < 4.78 is 12.6. The third-order valence-corrected chi connectivity index (χ3v) is 4.93. The van der Waals surface area contributed by atoms with Gasteiger partial charge in [0.05, 0.1) is 23.7 Å². The molecule has 4 N–H and O–H groups in total. The molecule has 9 nitrogen and oxygen atoms in total. The summed E-state index contributed by atoms with van der Waals surface area (Å²) in [6, 6.07) is 10.9. The maximum Gasteiger partial charge on any atom is 0.261 e. The van der Waals surface area contributed by atoms with E-state index >= 15 is 0 Å². The van der Waals surface area contributed by atoms with Crippen LogP contribution in [-0.2, 0) is 4.79 Å². The number of aromatic nitrogens is 3. The second kappa shape index (κ2) is 7.43. The number of benzene rings is 2. The zero-order valence-corrected chi connectivity index (χ0v) is 16.8. The highest BCUT2D eigenvalue weighted by atomic mass is 16.5. The Kier molecular flexibility index (Phi) is 4.78. The maximum atomic E-state index is 12.8. The van der Waals surface area contributed by atoms with E-state index in [1.165, 1.54) is 14.2 Å². The summed E-state index contributed by atoms with van der Waals surface area (Å²) in [5.74, 6) is 0.742. The van der Waals surface area contributed by atoms with E-state index in [0.29, 0.717) is 27.9 Å². The monoisotopic (exact) mass is 407 g/mol. The van der Waals surface area contributed by atoms with Gasteiger partial charge in [-0.2, -0.15) is 5.10 Å². The number of methoxy groups -OCH3 is 1. The molecular weight excluding hydrogens is 386 g/mol. The Morgan fingerprint density at radius 2 is 2.03 bits per heavy atom. The van der Waals surface area contributed by atoms with Gasteiger partial charge >= 0.3 is 0 Å². The van der Waals surface area contributed by atoms with Crippen LogP contribution in [0.4, 0.5) is 5.82 Å². The predicted octanol–water partition coefficient (Wildman–Crippen LogP) is 1.89. The Hall–Kier alpha value is -4.01. The highest BCUT2D eigenvalue weighted by Crippen LogP contribution is 2.36. The minimum Gasteiger partial charge on any atom is -0.497 e. The number of ether oxygens (including phenoxy) is 2. The fourth-order valence-corrected chi connectivity index (χ4v) is 3.38. The lowest BCUT2D eigenvalue weighted by atomic mass is 10.1. The normalized spacial score (nSPS) is 11.0. The quantitative estimate of drug-likeness (QED) is 0.464. The Morgan fingerprint density at radius 1 is 1.27 bits per heavy atom. The van der Waals surface area contributed by atoms with Crippen LogP contribution in [0.1, 0.15) is 5.56 Å². The van der Waals surface area contributed by atoms with E-state index in [0.717, 1.165) is 11.3 Å². The van der Waals surface area contributed by atoms with Crippen LogP contribution < -0.4 is 26.1 Å². The highest BCUT2D eigenvalue weighted by molar-refractivity contribution is 6.10. The molecule has 0 fully saturated rings. The van der Waals surface area contributed by atoms with Gasteiger partial charge in [0.15, 0.2) is 6.61 Å². The minimum absolute atomic E-state index is 0.201. The molecule has 0 saturated carbocycles. The van der Waals surface area contributed by atoms with E-state index < -0.39 is 0 Å². The first-order valence-corrected chi connectivity index (χ1v) is 9.26. The summed E-state index contributed by atoms with van der Waals surface area (Å²) in [6.45, 7) is 1.74. The molecule has 9 heteroatoms. The zero-order chi connectivity index (χ0) is 21.4. The van der Waals surface area contributed by atoms with Gasteiger partial charge in [0.2, 0.25) is 0 Å². The van der Waals surface area contributed by atoms with Crippen LogP contribution >= 0.6 is 0 Å². The molecule has 0 saturated heterocycles. The lowest BCUT2D eigenvalue weighted by Crippen LogP contribution is -2.25. The fourth-order valence-electron chi connectivity index (χ4n) is 3.38.